The molecule has 0 aliphatic rings. The molecule has 0 aliphatic heterocycles. The molecule has 0 aliphatic carbocycles. The highest BCUT2D eigenvalue weighted by Crippen LogP contribution is 2.28. The maximum absolute atomic E-state index is 12.1. The van der Waals surface area contributed by atoms with E-state index >= 15 is 0 Å². The maximum atomic E-state index is 12.1. The number of carbonyl (C=O) groups is 1. The molecule has 0 amide bonds. The molecule has 0 aromatic carbocycles. The van der Waals surface area contributed by atoms with Crippen LogP contribution in [0, 0.1) is 0 Å². The summed E-state index contributed by atoms with van der Waals surface area (Å²) >= 11 is 0. The number of rotatable bonds is 3. The summed E-state index contributed by atoms with van der Waals surface area (Å²) in [5.41, 5.74) is -0.494. The van der Waals surface area contributed by atoms with Crippen molar-refractivity contribution in [3.8, 4) is 0 Å². The van der Waals surface area contributed by atoms with Gasteiger partial charge in [0.15, 0.2) is 0 Å². The van der Waals surface area contributed by atoms with Gasteiger partial charge in [-0.15, -0.1) is 0 Å². The Labute approximate surface area is 83.6 Å². The highest BCUT2D eigenvalue weighted by Gasteiger charge is 2.30. The molecule has 0 radical (unpaired) electrons. The Morgan fingerprint density at radius 1 is 1.40 bits per heavy atom. The van der Waals surface area contributed by atoms with Crippen LogP contribution in [0.15, 0.2) is 18.3 Å². The van der Waals surface area contributed by atoms with Crippen LogP contribution in [0.25, 0.3) is 0 Å². The highest BCUT2D eigenvalue weighted by molar-refractivity contribution is 5.66. The zero-order valence-electron chi connectivity index (χ0n) is 7.58. The first kappa shape index (κ1) is 11.5. The number of aryl methyl sites for hydroxylation is 1. The van der Waals surface area contributed by atoms with Gasteiger partial charge in [-0.05, 0) is 12.1 Å². The number of hydrogen-bond donors (Lipinski definition) is 1. The van der Waals surface area contributed by atoms with E-state index in [1.807, 2.05) is 0 Å². The van der Waals surface area contributed by atoms with Crippen molar-refractivity contribution >= 4 is 5.97 Å². The van der Waals surface area contributed by atoms with Crippen LogP contribution in [0.3, 0.4) is 0 Å². The van der Waals surface area contributed by atoms with Crippen molar-refractivity contribution in [2.45, 2.75) is 19.0 Å². The highest BCUT2D eigenvalue weighted by atomic mass is 19.4. The summed E-state index contributed by atoms with van der Waals surface area (Å²) in [5.74, 6) is -1.00. The largest absolute Gasteiger partial charge is 0.481 e. The fraction of sp³-hybridized carbons (Fsp3) is 0.333. The van der Waals surface area contributed by atoms with E-state index in [-0.39, 0.29) is 12.8 Å². The first-order valence-corrected chi connectivity index (χ1v) is 4.13. The van der Waals surface area contributed by atoms with Gasteiger partial charge < -0.3 is 5.11 Å². The van der Waals surface area contributed by atoms with Crippen LogP contribution in [-0.4, -0.2) is 16.1 Å². The third kappa shape index (κ3) is 3.57. The first-order chi connectivity index (χ1) is 6.89. The molecule has 1 rings (SSSR count). The van der Waals surface area contributed by atoms with Crippen molar-refractivity contribution in [3.63, 3.8) is 0 Å². The molecule has 0 bridgehead atoms. The SMILES string of the molecule is O=C(O)CCc1ccc(C(F)(F)F)cn1. The van der Waals surface area contributed by atoms with Gasteiger partial charge in [0.1, 0.15) is 0 Å². The number of alkyl halides is 3. The fourth-order valence-electron chi connectivity index (χ4n) is 0.975. The van der Waals surface area contributed by atoms with Gasteiger partial charge in [-0.1, -0.05) is 0 Å². The number of pyridine rings is 1. The number of nitrogens with zero attached hydrogens (tertiary/aromatic N) is 1. The van der Waals surface area contributed by atoms with Crippen molar-refractivity contribution in [1.29, 1.82) is 0 Å². The number of aromatic nitrogens is 1. The Kier molecular flexibility index (Phi) is 3.28. The minimum Gasteiger partial charge on any atom is -0.481 e. The lowest BCUT2D eigenvalue weighted by atomic mass is 10.2. The third-order valence-corrected chi connectivity index (χ3v) is 1.75. The summed E-state index contributed by atoms with van der Waals surface area (Å²) in [7, 11) is 0. The van der Waals surface area contributed by atoms with Crippen molar-refractivity contribution in [2.75, 3.05) is 0 Å². The van der Waals surface area contributed by atoms with Gasteiger partial charge in [0, 0.05) is 18.3 Å². The van der Waals surface area contributed by atoms with Crippen LogP contribution in [0.1, 0.15) is 17.7 Å². The Morgan fingerprint density at radius 2 is 2.07 bits per heavy atom. The number of carboxylic acids is 1. The monoisotopic (exact) mass is 219 g/mol. The molecule has 15 heavy (non-hydrogen) atoms. The predicted molar refractivity (Wildman–Crippen MR) is 45.2 cm³/mol. The lowest BCUT2D eigenvalue weighted by molar-refractivity contribution is -0.138. The molecule has 1 N–H and O–H groups in total. The van der Waals surface area contributed by atoms with Crippen molar-refractivity contribution < 1.29 is 23.1 Å². The van der Waals surface area contributed by atoms with Crippen LogP contribution in [0.4, 0.5) is 13.2 Å². The molecule has 82 valence electrons. The number of hydrogen-bond acceptors (Lipinski definition) is 2. The van der Waals surface area contributed by atoms with E-state index in [1.54, 1.807) is 0 Å². The van der Waals surface area contributed by atoms with Gasteiger partial charge in [0.05, 0.1) is 12.0 Å². The molecule has 0 saturated heterocycles. The minimum absolute atomic E-state index is 0.132. The average Bonchev–Trinajstić information content (AvgIpc) is 2.14. The zero-order valence-corrected chi connectivity index (χ0v) is 7.58. The molecule has 0 atom stereocenters. The second-order valence-electron chi connectivity index (χ2n) is 2.93. The smallest absolute Gasteiger partial charge is 0.417 e. The molecule has 0 fully saturated rings. The van der Waals surface area contributed by atoms with Crippen LogP contribution in [0.5, 0.6) is 0 Å². The maximum Gasteiger partial charge on any atom is 0.417 e. The Morgan fingerprint density at radius 3 is 2.47 bits per heavy atom. The van der Waals surface area contributed by atoms with E-state index in [2.05, 4.69) is 4.98 Å². The molecule has 1 heterocycles. The minimum atomic E-state index is -4.40. The third-order valence-electron chi connectivity index (χ3n) is 1.75. The molecule has 3 nitrogen and oxygen atoms in total. The number of halogens is 3. The van der Waals surface area contributed by atoms with E-state index < -0.39 is 17.7 Å². The predicted octanol–water partition coefficient (Wildman–Crippen LogP) is 2.12. The van der Waals surface area contributed by atoms with E-state index in [0.717, 1.165) is 6.07 Å². The standard InChI is InChI=1S/C9H8F3NO2/c10-9(11,12)6-1-2-7(13-5-6)3-4-8(14)15/h1-2,5H,3-4H2,(H,14,15). The van der Waals surface area contributed by atoms with Crippen LogP contribution < -0.4 is 0 Å². The quantitative estimate of drug-likeness (QED) is 0.847. The summed E-state index contributed by atoms with van der Waals surface area (Å²) in [5, 5.41) is 8.35. The lowest BCUT2D eigenvalue weighted by Crippen LogP contribution is -2.06. The number of aliphatic carboxylic acids is 1. The molecule has 0 saturated carbocycles. The van der Waals surface area contributed by atoms with Gasteiger partial charge in [-0.3, -0.25) is 9.78 Å². The molecule has 0 spiro atoms. The summed E-state index contributed by atoms with van der Waals surface area (Å²) in [6.07, 6.45) is -3.71. The number of carboxylic acid groups (broad SMARTS) is 1. The molecule has 0 unspecified atom stereocenters. The Bertz CT molecular complexity index is 345. The van der Waals surface area contributed by atoms with Crippen molar-refractivity contribution in [2.24, 2.45) is 0 Å². The summed E-state index contributed by atoms with van der Waals surface area (Å²) in [6, 6.07) is 2.08. The van der Waals surface area contributed by atoms with Crippen LogP contribution in [-0.2, 0) is 17.4 Å². The van der Waals surface area contributed by atoms with Gasteiger partial charge in [0.2, 0.25) is 0 Å². The normalized spacial score (nSPS) is 11.4. The first-order valence-electron chi connectivity index (χ1n) is 4.13. The second kappa shape index (κ2) is 4.29. The van der Waals surface area contributed by atoms with E-state index in [4.69, 9.17) is 5.11 Å². The molecular weight excluding hydrogens is 211 g/mol. The van der Waals surface area contributed by atoms with Gasteiger partial charge >= 0.3 is 12.1 Å². The molecule has 1 aromatic rings. The topological polar surface area (TPSA) is 50.2 Å². The molecular formula is C9H8F3NO2. The summed E-state index contributed by atoms with van der Waals surface area (Å²) in [4.78, 5) is 13.7. The van der Waals surface area contributed by atoms with E-state index in [0.29, 0.717) is 11.9 Å². The van der Waals surface area contributed by atoms with Crippen molar-refractivity contribution in [3.05, 3.63) is 29.6 Å². The summed E-state index contributed by atoms with van der Waals surface area (Å²) in [6.45, 7) is 0. The van der Waals surface area contributed by atoms with Crippen LogP contribution >= 0.6 is 0 Å². The lowest BCUT2D eigenvalue weighted by Gasteiger charge is -2.06. The summed E-state index contributed by atoms with van der Waals surface area (Å²) < 4.78 is 36.3. The van der Waals surface area contributed by atoms with Crippen LogP contribution in [0.2, 0.25) is 0 Å². The van der Waals surface area contributed by atoms with Gasteiger partial charge in [-0.25, -0.2) is 0 Å². The molecule has 1 aromatic heterocycles. The van der Waals surface area contributed by atoms with Gasteiger partial charge in [0.25, 0.3) is 0 Å². The van der Waals surface area contributed by atoms with E-state index in [9.17, 15) is 18.0 Å². The van der Waals surface area contributed by atoms with E-state index in [1.165, 1.54) is 6.07 Å². The Balaban J connectivity index is 2.69. The average molecular weight is 219 g/mol. The van der Waals surface area contributed by atoms with Crippen molar-refractivity contribution in [1.82, 2.24) is 4.98 Å². The molecule has 6 heteroatoms. The second-order valence-corrected chi connectivity index (χ2v) is 2.93. The Hall–Kier alpha value is -1.59. The fourth-order valence-corrected chi connectivity index (χ4v) is 0.975. The zero-order chi connectivity index (χ0) is 11.5. The van der Waals surface area contributed by atoms with Gasteiger partial charge in [-0.2, -0.15) is 13.2 Å².